The molecule has 2 heterocycles. The van der Waals surface area contributed by atoms with Gasteiger partial charge in [-0.2, -0.15) is 0 Å². The molecule has 0 radical (unpaired) electrons. The maximum absolute atomic E-state index is 12.1. The number of ether oxygens (including phenoxy) is 1. The molecule has 1 fully saturated rings. The van der Waals surface area contributed by atoms with Crippen molar-refractivity contribution < 1.29 is 19.4 Å². The zero-order valence-electron chi connectivity index (χ0n) is 12.4. The van der Waals surface area contributed by atoms with Gasteiger partial charge in [0.1, 0.15) is 17.2 Å². The fourth-order valence-corrected chi connectivity index (χ4v) is 1.94. The van der Waals surface area contributed by atoms with E-state index in [9.17, 15) is 14.7 Å². The molecule has 1 N–H and O–H groups in total. The molecule has 0 unspecified atom stereocenters. The monoisotopic (exact) mass is 293 g/mol. The van der Waals surface area contributed by atoms with Gasteiger partial charge in [0.2, 0.25) is 0 Å². The third-order valence-electron chi connectivity index (χ3n) is 2.89. The van der Waals surface area contributed by atoms with Crippen molar-refractivity contribution in [2.75, 3.05) is 24.5 Å². The molecule has 1 aromatic heterocycles. The Morgan fingerprint density at radius 1 is 1.33 bits per heavy atom. The van der Waals surface area contributed by atoms with Gasteiger partial charge < -0.3 is 14.7 Å². The van der Waals surface area contributed by atoms with Crippen LogP contribution in [0.15, 0.2) is 18.3 Å². The van der Waals surface area contributed by atoms with Crippen LogP contribution in [-0.4, -0.2) is 52.2 Å². The lowest BCUT2D eigenvalue weighted by atomic mass is 10.2. The third kappa shape index (κ3) is 3.84. The van der Waals surface area contributed by atoms with Gasteiger partial charge in [-0.05, 0) is 32.9 Å². The Morgan fingerprint density at radius 3 is 2.57 bits per heavy atom. The number of carbonyl (C=O) groups excluding carboxylic acids is 2. The first-order valence-corrected chi connectivity index (χ1v) is 6.69. The molecule has 7 nitrogen and oxygen atoms in total. The normalized spacial score (nSPS) is 16.0. The number of aromatic hydroxyl groups is 1. The van der Waals surface area contributed by atoms with Crippen LogP contribution in [0.2, 0.25) is 0 Å². The van der Waals surface area contributed by atoms with E-state index < -0.39 is 11.7 Å². The van der Waals surface area contributed by atoms with Crippen molar-refractivity contribution in [2.45, 2.75) is 26.4 Å². The summed E-state index contributed by atoms with van der Waals surface area (Å²) in [4.78, 5) is 30.9. The third-order valence-corrected chi connectivity index (χ3v) is 2.89. The lowest BCUT2D eigenvalue weighted by Crippen LogP contribution is -2.53. The van der Waals surface area contributed by atoms with Crippen molar-refractivity contribution in [3.8, 4) is 5.75 Å². The largest absolute Gasteiger partial charge is 0.506 e. The van der Waals surface area contributed by atoms with Crippen molar-refractivity contribution in [3.05, 3.63) is 18.3 Å². The fourth-order valence-electron chi connectivity index (χ4n) is 1.94. The van der Waals surface area contributed by atoms with Crippen LogP contribution < -0.4 is 4.90 Å². The van der Waals surface area contributed by atoms with Crippen LogP contribution in [0.4, 0.5) is 10.6 Å². The van der Waals surface area contributed by atoms with E-state index in [0.29, 0.717) is 12.4 Å². The molecule has 2 amide bonds. The maximum atomic E-state index is 12.1. The Bertz CT molecular complexity index is 536. The van der Waals surface area contributed by atoms with Gasteiger partial charge in [-0.1, -0.05) is 0 Å². The summed E-state index contributed by atoms with van der Waals surface area (Å²) in [6.07, 6.45) is 0.700. The summed E-state index contributed by atoms with van der Waals surface area (Å²) in [5, 5.41) is 9.21. The average molecular weight is 293 g/mol. The predicted octanol–water partition coefficient (Wildman–Crippen LogP) is 1.37. The van der Waals surface area contributed by atoms with E-state index in [1.807, 2.05) is 0 Å². The minimum absolute atomic E-state index is 0.0526. The first-order chi connectivity index (χ1) is 9.76. The molecule has 1 aliphatic heterocycles. The molecule has 7 heteroatoms. The number of hydrogen-bond donors (Lipinski definition) is 1. The second kappa shape index (κ2) is 5.59. The van der Waals surface area contributed by atoms with Crippen LogP contribution in [0.25, 0.3) is 0 Å². The molecule has 0 aliphatic carbocycles. The van der Waals surface area contributed by atoms with Gasteiger partial charge in [-0.3, -0.25) is 4.79 Å². The molecule has 1 aliphatic rings. The lowest BCUT2D eigenvalue weighted by Gasteiger charge is -2.34. The molecular weight excluding hydrogens is 274 g/mol. The van der Waals surface area contributed by atoms with Crippen LogP contribution in [0.1, 0.15) is 20.8 Å². The lowest BCUT2D eigenvalue weighted by molar-refractivity contribution is -0.130. The van der Waals surface area contributed by atoms with Crippen molar-refractivity contribution in [2.24, 2.45) is 0 Å². The molecule has 2 rings (SSSR count). The van der Waals surface area contributed by atoms with Gasteiger partial charge in [0.05, 0.1) is 12.7 Å². The molecule has 1 aromatic rings. The number of aromatic nitrogens is 1. The topological polar surface area (TPSA) is 83.0 Å². The van der Waals surface area contributed by atoms with Gasteiger partial charge in [0.15, 0.2) is 0 Å². The molecule has 0 bridgehead atoms. The zero-order valence-corrected chi connectivity index (χ0v) is 12.4. The van der Waals surface area contributed by atoms with Crippen molar-refractivity contribution >= 4 is 17.8 Å². The van der Waals surface area contributed by atoms with Gasteiger partial charge in [-0.15, -0.1) is 0 Å². The predicted molar refractivity (Wildman–Crippen MR) is 76.1 cm³/mol. The number of pyridine rings is 1. The average Bonchev–Trinajstić information content (AvgIpc) is 2.37. The molecule has 0 atom stereocenters. The Hall–Kier alpha value is -2.31. The molecule has 21 heavy (non-hydrogen) atoms. The summed E-state index contributed by atoms with van der Waals surface area (Å²) in [5.74, 6) is 0.327. The van der Waals surface area contributed by atoms with E-state index in [0.717, 1.165) is 4.90 Å². The quantitative estimate of drug-likeness (QED) is 0.842. The van der Waals surface area contributed by atoms with Crippen molar-refractivity contribution in [1.82, 2.24) is 9.88 Å². The van der Waals surface area contributed by atoms with Crippen LogP contribution in [0.3, 0.4) is 0 Å². The first kappa shape index (κ1) is 15.1. The van der Waals surface area contributed by atoms with Gasteiger partial charge >= 0.3 is 6.09 Å². The smallest absolute Gasteiger partial charge is 0.417 e. The van der Waals surface area contributed by atoms with E-state index in [-0.39, 0.29) is 24.7 Å². The van der Waals surface area contributed by atoms with E-state index in [2.05, 4.69) is 4.98 Å². The summed E-state index contributed by atoms with van der Waals surface area (Å²) < 4.78 is 5.20. The highest BCUT2D eigenvalue weighted by Crippen LogP contribution is 2.18. The van der Waals surface area contributed by atoms with Gasteiger partial charge in [-0.25, -0.2) is 14.7 Å². The Balaban J connectivity index is 2.00. The minimum atomic E-state index is -0.632. The van der Waals surface area contributed by atoms with Gasteiger partial charge in [0.25, 0.3) is 5.91 Å². The SMILES string of the molecule is CC(C)(C)OC(=O)N1CCN(c2ccc(O)cn2)CC1=O. The molecule has 1 saturated heterocycles. The Morgan fingerprint density at radius 2 is 2.05 bits per heavy atom. The standard InChI is InChI=1S/C14H19N3O4/c1-14(2,3)21-13(20)17-7-6-16(9-12(17)19)11-5-4-10(18)8-15-11/h4-5,8,18H,6-7,9H2,1-3H3. The second-order valence-electron chi connectivity index (χ2n) is 5.82. The number of imide groups is 1. The summed E-state index contributed by atoms with van der Waals surface area (Å²) in [6.45, 7) is 6.04. The highest BCUT2D eigenvalue weighted by Gasteiger charge is 2.32. The number of carbonyl (C=O) groups is 2. The second-order valence-corrected chi connectivity index (χ2v) is 5.82. The highest BCUT2D eigenvalue weighted by molar-refractivity contribution is 5.95. The van der Waals surface area contributed by atoms with Crippen LogP contribution >= 0.6 is 0 Å². The summed E-state index contributed by atoms with van der Waals surface area (Å²) in [6, 6.07) is 3.14. The van der Waals surface area contributed by atoms with Crippen LogP contribution in [0.5, 0.6) is 5.75 Å². The van der Waals surface area contributed by atoms with Crippen LogP contribution in [0, 0.1) is 0 Å². The first-order valence-electron chi connectivity index (χ1n) is 6.69. The molecule has 0 spiro atoms. The van der Waals surface area contributed by atoms with Crippen LogP contribution in [-0.2, 0) is 9.53 Å². The van der Waals surface area contributed by atoms with Crippen molar-refractivity contribution in [1.29, 1.82) is 0 Å². The number of nitrogens with zero attached hydrogens (tertiary/aromatic N) is 3. The number of piperazine rings is 1. The summed E-state index contributed by atoms with van der Waals surface area (Å²) in [7, 11) is 0. The Kier molecular flexibility index (Phi) is 4.02. The molecular formula is C14H19N3O4. The molecule has 0 saturated carbocycles. The van der Waals surface area contributed by atoms with E-state index in [4.69, 9.17) is 4.74 Å². The summed E-state index contributed by atoms with van der Waals surface area (Å²) >= 11 is 0. The zero-order chi connectivity index (χ0) is 15.6. The highest BCUT2D eigenvalue weighted by atomic mass is 16.6. The Labute approximate surface area is 123 Å². The fraction of sp³-hybridized carbons (Fsp3) is 0.500. The maximum Gasteiger partial charge on any atom is 0.417 e. The van der Waals surface area contributed by atoms with E-state index in [1.54, 1.807) is 31.7 Å². The number of rotatable bonds is 1. The van der Waals surface area contributed by atoms with Crippen molar-refractivity contribution in [3.63, 3.8) is 0 Å². The number of amides is 2. The van der Waals surface area contributed by atoms with Gasteiger partial charge in [0, 0.05) is 13.1 Å². The summed E-state index contributed by atoms with van der Waals surface area (Å²) in [5.41, 5.74) is -0.632. The minimum Gasteiger partial charge on any atom is -0.506 e. The number of anilines is 1. The molecule has 114 valence electrons. The molecule has 0 aromatic carbocycles. The number of hydrogen-bond acceptors (Lipinski definition) is 6. The van der Waals surface area contributed by atoms with E-state index >= 15 is 0 Å². The van der Waals surface area contributed by atoms with E-state index in [1.165, 1.54) is 12.3 Å².